The first-order chi connectivity index (χ1) is 11.5. The molecule has 0 spiro atoms. The molecule has 0 aromatic heterocycles. The predicted octanol–water partition coefficient (Wildman–Crippen LogP) is 2.68. The average molecular weight is 331 g/mol. The van der Waals surface area contributed by atoms with Gasteiger partial charge in [0.2, 0.25) is 5.91 Å². The lowest BCUT2D eigenvalue weighted by Crippen LogP contribution is -2.53. The fourth-order valence-corrected chi connectivity index (χ4v) is 2.55. The number of carbonyl (C=O) groups is 3. The van der Waals surface area contributed by atoms with Gasteiger partial charge in [0.1, 0.15) is 18.6 Å². The van der Waals surface area contributed by atoms with Gasteiger partial charge in [-0.15, -0.1) is 0 Å². The number of rotatable bonds is 5. The van der Waals surface area contributed by atoms with Crippen molar-refractivity contribution < 1.29 is 23.9 Å². The molecular weight excluding hydrogens is 310 g/mol. The third kappa shape index (κ3) is 3.82. The number of esters is 1. The van der Waals surface area contributed by atoms with Gasteiger partial charge in [-0.1, -0.05) is 43.0 Å². The van der Waals surface area contributed by atoms with Crippen molar-refractivity contribution in [3.63, 3.8) is 0 Å². The van der Waals surface area contributed by atoms with E-state index in [2.05, 4.69) is 6.58 Å². The highest BCUT2D eigenvalue weighted by Gasteiger charge is 2.49. The Bertz CT molecular complexity index is 628. The molecule has 1 unspecified atom stereocenters. The summed E-state index contributed by atoms with van der Waals surface area (Å²) in [5.41, 5.74) is -0.545. The van der Waals surface area contributed by atoms with Crippen LogP contribution in [0.2, 0.25) is 0 Å². The zero-order valence-corrected chi connectivity index (χ0v) is 13.7. The number of imide groups is 1. The summed E-state index contributed by atoms with van der Waals surface area (Å²) in [7, 11) is 0. The normalized spacial score (nSPS) is 20.4. The standard InChI is InChI=1S/C18H21NO5/c1-3-12-23-16(21)18(2)10-7-11-19(15(18)20)17(22)24-13-14-8-5-4-6-9-14/h3-6,8-9H,1,7,10-13H2,2H3. The highest BCUT2D eigenvalue weighted by molar-refractivity contribution is 6.07. The average Bonchev–Trinajstić information content (AvgIpc) is 2.60. The van der Waals surface area contributed by atoms with Crippen LogP contribution in [-0.4, -0.2) is 36.0 Å². The molecule has 0 aliphatic carbocycles. The number of ether oxygens (including phenoxy) is 2. The van der Waals surface area contributed by atoms with E-state index in [1.807, 2.05) is 30.3 Å². The van der Waals surface area contributed by atoms with E-state index < -0.39 is 23.4 Å². The maximum Gasteiger partial charge on any atom is 0.416 e. The molecule has 2 rings (SSSR count). The molecule has 0 N–H and O–H groups in total. The Morgan fingerprint density at radius 1 is 1.29 bits per heavy atom. The van der Waals surface area contributed by atoms with Gasteiger partial charge in [0.05, 0.1) is 0 Å². The van der Waals surface area contributed by atoms with Crippen molar-refractivity contribution in [2.24, 2.45) is 5.41 Å². The fourth-order valence-electron chi connectivity index (χ4n) is 2.55. The third-order valence-corrected chi connectivity index (χ3v) is 3.98. The van der Waals surface area contributed by atoms with Gasteiger partial charge in [0.15, 0.2) is 0 Å². The molecule has 1 aliphatic heterocycles. The second kappa shape index (κ2) is 7.77. The van der Waals surface area contributed by atoms with Crippen LogP contribution in [0.5, 0.6) is 0 Å². The van der Waals surface area contributed by atoms with Gasteiger partial charge in [0, 0.05) is 6.54 Å². The number of hydrogen-bond acceptors (Lipinski definition) is 5. The van der Waals surface area contributed by atoms with Crippen LogP contribution >= 0.6 is 0 Å². The van der Waals surface area contributed by atoms with Gasteiger partial charge < -0.3 is 9.47 Å². The largest absolute Gasteiger partial charge is 0.461 e. The molecule has 128 valence electrons. The van der Waals surface area contributed by atoms with Crippen LogP contribution in [0.15, 0.2) is 43.0 Å². The van der Waals surface area contributed by atoms with Gasteiger partial charge in [-0.05, 0) is 25.3 Å². The summed E-state index contributed by atoms with van der Waals surface area (Å²) < 4.78 is 10.2. The van der Waals surface area contributed by atoms with Gasteiger partial charge in [-0.25, -0.2) is 9.69 Å². The van der Waals surface area contributed by atoms with E-state index in [9.17, 15) is 14.4 Å². The summed E-state index contributed by atoms with van der Waals surface area (Å²) in [4.78, 5) is 38.0. The molecule has 1 atom stereocenters. The summed E-state index contributed by atoms with van der Waals surface area (Å²) in [6.07, 6.45) is 1.54. The minimum atomic E-state index is -1.37. The van der Waals surface area contributed by atoms with Crippen molar-refractivity contribution in [1.29, 1.82) is 0 Å². The van der Waals surface area contributed by atoms with Crippen LogP contribution < -0.4 is 0 Å². The molecule has 1 saturated heterocycles. The van der Waals surface area contributed by atoms with E-state index in [0.717, 1.165) is 10.5 Å². The van der Waals surface area contributed by atoms with E-state index in [-0.39, 0.29) is 19.8 Å². The van der Waals surface area contributed by atoms with Crippen molar-refractivity contribution in [2.75, 3.05) is 13.2 Å². The highest BCUT2D eigenvalue weighted by atomic mass is 16.6. The molecule has 6 nitrogen and oxygen atoms in total. The number of piperidine rings is 1. The summed E-state index contributed by atoms with van der Waals surface area (Å²) in [6.45, 7) is 5.30. The molecule has 1 fully saturated rings. The molecule has 1 aromatic rings. The van der Waals surface area contributed by atoms with Crippen molar-refractivity contribution >= 4 is 18.0 Å². The second-order valence-corrected chi connectivity index (χ2v) is 5.82. The Morgan fingerprint density at radius 2 is 2.00 bits per heavy atom. The Morgan fingerprint density at radius 3 is 2.67 bits per heavy atom. The van der Waals surface area contributed by atoms with Crippen molar-refractivity contribution in [3.8, 4) is 0 Å². The summed E-state index contributed by atoms with van der Waals surface area (Å²) >= 11 is 0. The van der Waals surface area contributed by atoms with E-state index in [4.69, 9.17) is 9.47 Å². The lowest BCUT2D eigenvalue weighted by atomic mass is 9.81. The second-order valence-electron chi connectivity index (χ2n) is 5.82. The van der Waals surface area contributed by atoms with Crippen LogP contribution in [0.4, 0.5) is 4.79 Å². The fraction of sp³-hybridized carbons (Fsp3) is 0.389. The minimum Gasteiger partial charge on any atom is -0.461 e. The van der Waals surface area contributed by atoms with E-state index in [0.29, 0.717) is 12.8 Å². The van der Waals surface area contributed by atoms with Crippen LogP contribution in [0, 0.1) is 5.41 Å². The molecule has 2 amide bonds. The Balaban J connectivity index is 2.01. The first kappa shape index (κ1) is 17.7. The van der Waals surface area contributed by atoms with E-state index in [1.54, 1.807) is 0 Å². The van der Waals surface area contributed by atoms with Gasteiger partial charge in [0.25, 0.3) is 0 Å². The Labute approximate surface area is 141 Å². The molecule has 0 saturated carbocycles. The molecule has 1 aliphatic rings. The zero-order chi connectivity index (χ0) is 17.6. The first-order valence-electron chi connectivity index (χ1n) is 7.80. The van der Waals surface area contributed by atoms with Crippen molar-refractivity contribution in [1.82, 2.24) is 4.90 Å². The third-order valence-electron chi connectivity index (χ3n) is 3.98. The maximum atomic E-state index is 12.6. The predicted molar refractivity (Wildman–Crippen MR) is 86.8 cm³/mol. The van der Waals surface area contributed by atoms with Gasteiger partial charge in [-0.2, -0.15) is 0 Å². The number of likely N-dealkylation sites (tertiary alicyclic amines) is 1. The molecule has 1 heterocycles. The number of nitrogens with zero attached hydrogens (tertiary/aromatic N) is 1. The Kier molecular flexibility index (Phi) is 5.73. The molecule has 24 heavy (non-hydrogen) atoms. The molecule has 0 radical (unpaired) electrons. The molecular formula is C18H21NO5. The SMILES string of the molecule is C=CCOC(=O)C1(C)CCCN(C(=O)OCc2ccccc2)C1=O. The van der Waals surface area contributed by atoms with Gasteiger partial charge >= 0.3 is 12.1 Å². The lowest BCUT2D eigenvalue weighted by Gasteiger charge is -2.35. The van der Waals surface area contributed by atoms with Crippen LogP contribution in [-0.2, 0) is 25.7 Å². The zero-order valence-electron chi connectivity index (χ0n) is 13.7. The van der Waals surface area contributed by atoms with E-state index >= 15 is 0 Å². The first-order valence-corrected chi connectivity index (χ1v) is 7.80. The van der Waals surface area contributed by atoms with Crippen LogP contribution in [0.25, 0.3) is 0 Å². The molecule has 0 bridgehead atoms. The van der Waals surface area contributed by atoms with Crippen molar-refractivity contribution in [3.05, 3.63) is 48.6 Å². The summed E-state index contributed by atoms with van der Waals surface area (Å²) in [5, 5.41) is 0. The molecule has 6 heteroatoms. The van der Waals surface area contributed by atoms with Gasteiger partial charge in [-0.3, -0.25) is 9.59 Å². The number of hydrogen-bond donors (Lipinski definition) is 0. The summed E-state index contributed by atoms with van der Waals surface area (Å²) in [5.74, 6) is -1.23. The number of benzene rings is 1. The quantitative estimate of drug-likeness (QED) is 0.471. The summed E-state index contributed by atoms with van der Waals surface area (Å²) in [6, 6.07) is 9.17. The number of carbonyl (C=O) groups excluding carboxylic acids is 3. The lowest BCUT2D eigenvalue weighted by molar-refractivity contribution is -0.165. The Hall–Kier alpha value is -2.63. The smallest absolute Gasteiger partial charge is 0.416 e. The monoisotopic (exact) mass is 331 g/mol. The van der Waals surface area contributed by atoms with Crippen LogP contribution in [0.3, 0.4) is 0 Å². The molecule has 1 aromatic carbocycles. The van der Waals surface area contributed by atoms with E-state index in [1.165, 1.54) is 13.0 Å². The topological polar surface area (TPSA) is 72.9 Å². The number of amides is 2. The maximum absolute atomic E-state index is 12.6. The minimum absolute atomic E-state index is 0.0279. The highest BCUT2D eigenvalue weighted by Crippen LogP contribution is 2.32. The van der Waals surface area contributed by atoms with Crippen LogP contribution in [0.1, 0.15) is 25.3 Å². The van der Waals surface area contributed by atoms with Crippen molar-refractivity contribution in [2.45, 2.75) is 26.4 Å².